The monoisotopic (exact) mass is 399 g/mol. The number of hydrogen-bond acceptors (Lipinski definition) is 5. The average molecular weight is 400 g/mol. The largest absolute Gasteiger partial charge is 0.491 e. The van der Waals surface area contributed by atoms with Crippen LogP contribution in [-0.4, -0.2) is 30.9 Å². The van der Waals surface area contributed by atoms with Gasteiger partial charge < -0.3 is 9.84 Å². The van der Waals surface area contributed by atoms with Crippen LogP contribution < -0.4 is 4.74 Å². The number of pyridine rings is 1. The highest BCUT2D eigenvalue weighted by molar-refractivity contribution is 7.89. The summed E-state index contributed by atoms with van der Waals surface area (Å²) < 4.78 is 28.9. The van der Waals surface area contributed by atoms with Crippen LogP contribution in [0.4, 0.5) is 0 Å². The first-order chi connectivity index (χ1) is 13.2. The van der Waals surface area contributed by atoms with Gasteiger partial charge in [0, 0.05) is 22.8 Å². The van der Waals surface area contributed by atoms with Crippen molar-refractivity contribution in [1.29, 1.82) is 0 Å². The van der Waals surface area contributed by atoms with E-state index in [9.17, 15) is 13.5 Å². The molecule has 2 aromatic carbocycles. The number of aliphatic hydroxyl groups excluding tert-OH is 1. The molecule has 0 atom stereocenters. The minimum Gasteiger partial charge on any atom is -0.491 e. The van der Waals surface area contributed by atoms with E-state index < -0.39 is 9.84 Å². The van der Waals surface area contributed by atoms with Crippen molar-refractivity contribution in [2.45, 2.75) is 39.2 Å². The van der Waals surface area contributed by atoms with E-state index in [0.29, 0.717) is 11.3 Å². The van der Waals surface area contributed by atoms with Crippen molar-refractivity contribution in [3.05, 3.63) is 59.2 Å². The van der Waals surface area contributed by atoms with Crippen LogP contribution in [0.1, 0.15) is 30.5 Å². The summed E-state index contributed by atoms with van der Waals surface area (Å²) in [4.78, 5) is 4.74. The fraction of sp³-hybridized carbons (Fsp3) is 0.318. The zero-order chi connectivity index (χ0) is 20.5. The van der Waals surface area contributed by atoms with Gasteiger partial charge in [-0.25, -0.2) is 13.4 Å². The van der Waals surface area contributed by atoms with Crippen LogP contribution >= 0.6 is 0 Å². The topological polar surface area (TPSA) is 76.5 Å². The molecule has 3 rings (SSSR count). The Morgan fingerprint density at radius 1 is 1.11 bits per heavy atom. The number of hydrogen-bond donors (Lipinski definition) is 1. The second kappa shape index (κ2) is 7.89. The fourth-order valence-corrected chi connectivity index (χ4v) is 4.00. The summed E-state index contributed by atoms with van der Waals surface area (Å²) in [5.41, 5.74) is 4.99. The van der Waals surface area contributed by atoms with Gasteiger partial charge in [-0.3, -0.25) is 0 Å². The molecular formula is C22H25NO4S. The van der Waals surface area contributed by atoms with E-state index in [2.05, 4.69) is 0 Å². The molecular weight excluding hydrogens is 374 g/mol. The molecule has 3 aromatic rings. The molecule has 148 valence electrons. The lowest BCUT2D eigenvalue weighted by molar-refractivity contribution is 0.225. The summed E-state index contributed by atoms with van der Waals surface area (Å²) in [6, 6.07) is 13.2. The second-order valence-corrected chi connectivity index (χ2v) is 9.53. The maximum atomic E-state index is 11.6. The van der Waals surface area contributed by atoms with Crippen molar-refractivity contribution in [3.8, 4) is 17.0 Å². The van der Waals surface area contributed by atoms with Crippen LogP contribution in [-0.2, 0) is 22.2 Å². The van der Waals surface area contributed by atoms with Crippen LogP contribution in [0.5, 0.6) is 5.75 Å². The molecule has 0 saturated heterocycles. The van der Waals surface area contributed by atoms with E-state index in [-0.39, 0.29) is 18.5 Å². The molecule has 0 saturated carbocycles. The van der Waals surface area contributed by atoms with E-state index in [1.807, 2.05) is 57.2 Å². The third-order valence-corrected chi connectivity index (χ3v) is 5.26. The van der Waals surface area contributed by atoms with Gasteiger partial charge in [0.05, 0.1) is 29.7 Å². The summed E-state index contributed by atoms with van der Waals surface area (Å²) in [5, 5.41) is 10.6. The molecule has 1 heterocycles. The smallest absolute Gasteiger partial charge is 0.151 e. The summed E-state index contributed by atoms with van der Waals surface area (Å²) >= 11 is 0. The van der Waals surface area contributed by atoms with Gasteiger partial charge in [0.15, 0.2) is 9.84 Å². The molecule has 0 amide bonds. The van der Waals surface area contributed by atoms with Crippen molar-refractivity contribution in [1.82, 2.24) is 4.98 Å². The highest BCUT2D eigenvalue weighted by Gasteiger charge is 2.12. The second-order valence-electron chi connectivity index (χ2n) is 7.39. The standard InChI is InChI=1S/C22H25NO4S/c1-14(2)27-22-8-6-17(11-18(22)12-24)21-9-15(3)19-10-16(13-28(4,25)26)5-7-20(19)23-21/h5-11,14,24H,12-13H2,1-4H3. The number of nitrogens with zero attached hydrogens (tertiary/aromatic N) is 1. The fourth-order valence-electron chi connectivity index (χ4n) is 3.21. The normalized spacial score (nSPS) is 11.9. The number of benzene rings is 2. The maximum Gasteiger partial charge on any atom is 0.151 e. The third-order valence-electron chi connectivity index (χ3n) is 4.40. The summed E-state index contributed by atoms with van der Waals surface area (Å²) in [5.74, 6) is 0.686. The van der Waals surface area contributed by atoms with E-state index in [1.165, 1.54) is 6.26 Å². The lowest BCUT2D eigenvalue weighted by Crippen LogP contribution is -2.07. The zero-order valence-electron chi connectivity index (χ0n) is 16.6. The van der Waals surface area contributed by atoms with Gasteiger partial charge in [-0.2, -0.15) is 0 Å². The van der Waals surface area contributed by atoms with Crippen molar-refractivity contribution in [2.75, 3.05) is 6.26 Å². The van der Waals surface area contributed by atoms with Gasteiger partial charge in [0.25, 0.3) is 0 Å². The third kappa shape index (κ3) is 4.69. The highest BCUT2D eigenvalue weighted by atomic mass is 32.2. The molecule has 28 heavy (non-hydrogen) atoms. The summed E-state index contributed by atoms with van der Waals surface area (Å²) in [7, 11) is -3.09. The van der Waals surface area contributed by atoms with Crippen LogP contribution in [0.15, 0.2) is 42.5 Å². The van der Waals surface area contributed by atoms with Crippen molar-refractivity contribution in [2.24, 2.45) is 0 Å². The van der Waals surface area contributed by atoms with Gasteiger partial charge >= 0.3 is 0 Å². The highest BCUT2D eigenvalue weighted by Crippen LogP contribution is 2.30. The molecule has 0 spiro atoms. The molecule has 0 fully saturated rings. The van der Waals surface area contributed by atoms with Crippen LogP contribution in [0, 0.1) is 6.92 Å². The van der Waals surface area contributed by atoms with Gasteiger partial charge in [-0.05, 0) is 68.3 Å². The Morgan fingerprint density at radius 3 is 2.50 bits per heavy atom. The minimum absolute atomic E-state index is 0.0152. The lowest BCUT2D eigenvalue weighted by Gasteiger charge is -2.15. The molecule has 0 bridgehead atoms. The Hall–Kier alpha value is -2.44. The number of aryl methyl sites for hydroxylation is 1. The van der Waals surface area contributed by atoms with Gasteiger partial charge in [-0.1, -0.05) is 6.07 Å². The molecule has 1 aromatic heterocycles. The first-order valence-electron chi connectivity index (χ1n) is 9.15. The predicted octanol–water partition coefficient (Wildman–Crippen LogP) is 4.03. The molecule has 0 aliphatic carbocycles. The number of aliphatic hydroxyl groups is 1. The number of rotatable bonds is 6. The number of fused-ring (bicyclic) bond motifs is 1. The minimum atomic E-state index is -3.09. The quantitative estimate of drug-likeness (QED) is 0.677. The van der Waals surface area contributed by atoms with Crippen LogP contribution in [0.2, 0.25) is 0 Å². The number of ether oxygens (including phenoxy) is 1. The van der Waals surface area contributed by atoms with E-state index in [0.717, 1.165) is 33.3 Å². The maximum absolute atomic E-state index is 11.6. The van der Waals surface area contributed by atoms with Crippen LogP contribution in [0.3, 0.4) is 0 Å². The van der Waals surface area contributed by atoms with E-state index in [4.69, 9.17) is 9.72 Å². The van der Waals surface area contributed by atoms with Crippen molar-refractivity contribution in [3.63, 3.8) is 0 Å². The van der Waals surface area contributed by atoms with Gasteiger partial charge in [0.2, 0.25) is 0 Å². The molecule has 5 nitrogen and oxygen atoms in total. The van der Waals surface area contributed by atoms with Crippen LogP contribution in [0.25, 0.3) is 22.2 Å². The molecule has 0 aliphatic heterocycles. The molecule has 1 N–H and O–H groups in total. The van der Waals surface area contributed by atoms with E-state index >= 15 is 0 Å². The molecule has 6 heteroatoms. The molecule has 0 radical (unpaired) electrons. The van der Waals surface area contributed by atoms with Crippen molar-refractivity contribution < 1.29 is 18.3 Å². The predicted molar refractivity (Wildman–Crippen MR) is 112 cm³/mol. The SMILES string of the molecule is Cc1cc(-c2ccc(OC(C)C)c(CO)c2)nc2ccc(CS(C)(=O)=O)cc12. The van der Waals surface area contributed by atoms with Gasteiger partial charge in [-0.15, -0.1) is 0 Å². The Labute approximate surface area is 165 Å². The molecule has 0 unspecified atom stereocenters. The number of sulfone groups is 1. The number of aromatic nitrogens is 1. The average Bonchev–Trinajstić information content (AvgIpc) is 2.60. The molecule has 0 aliphatic rings. The first kappa shape index (κ1) is 20.3. The summed E-state index contributed by atoms with van der Waals surface area (Å²) in [6.07, 6.45) is 1.26. The zero-order valence-corrected chi connectivity index (χ0v) is 17.4. The summed E-state index contributed by atoms with van der Waals surface area (Å²) in [6.45, 7) is 5.76. The lowest BCUT2D eigenvalue weighted by atomic mass is 10.0. The Kier molecular flexibility index (Phi) is 5.72. The Balaban J connectivity index is 2.03. The van der Waals surface area contributed by atoms with Crippen molar-refractivity contribution >= 4 is 20.7 Å². The van der Waals surface area contributed by atoms with Gasteiger partial charge in [0.1, 0.15) is 5.75 Å². The first-order valence-corrected chi connectivity index (χ1v) is 11.2. The Bertz CT molecular complexity index is 1120. The Morgan fingerprint density at radius 2 is 1.86 bits per heavy atom. The van der Waals surface area contributed by atoms with E-state index in [1.54, 1.807) is 6.07 Å².